The fraction of sp³-hybridized carbons (Fsp3) is 0.280. The Morgan fingerprint density at radius 3 is 2.16 bits per heavy atom. The first-order valence-electron chi connectivity index (χ1n) is 11.4. The molecule has 0 amide bonds. The van der Waals surface area contributed by atoms with Crippen LogP contribution in [0.5, 0.6) is 17.2 Å². The molecule has 0 saturated carbocycles. The topological polar surface area (TPSA) is 92.6 Å². The molecule has 0 bridgehead atoms. The molecule has 0 aliphatic carbocycles. The number of nitrogens with one attached hydrogen (secondary N) is 1. The molecule has 2 N–H and O–H groups in total. The highest BCUT2D eigenvalue weighted by atomic mass is 32.2. The number of alkyl halides is 3. The van der Waals surface area contributed by atoms with Gasteiger partial charge in [-0.3, -0.25) is 0 Å². The lowest BCUT2D eigenvalue weighted by molar-refractivity contribution is -0.274. The van der Waals surface area contributed by atoms with Gasteiger partial charge in [0.1, 0.15) is 15.7 Å². The van der Waals surface area contributed by atoms with E-state index in [0.717, 1.165) is 23.5 Å². The number of aliphatic hydroxyl groups excluding tert-OH is 1. The molecule has 5 rings (SSSR count). The van der Waals surface area contributed by atoms with Gasteiger partial charge in [-0.2, -0.15) is 0 Å². The van der Waals surface area contributed by atoms with Gasteiger partial charge in [0.05, 0.1) is 47.7 Å². The minimum absolute atomic E-state index is 0.0487. The summed E-state index contributed by atoms with van der Waals surface area (Å²) >= 11 is 0. The number of rotatable bonds is 5. The second kappa shape index (κ2) is 9.86. The van der Waals surface area contributed by atoms with E-state index in [4.69, 9.17) is 9.47 Å². The van der Waals surface area contributed by atoms with Gasteiger partial charge in [-0.1, -0.05) is 24.3 Å². The zero-order chi connectivity index (χ0) is 26.2. The number of fused-ring (bicyclic) bond motifs is 2. The normalized spacial score (nSPS) is 22.7. The number of halogens is 3. The van der Waals surface area contributed by atoms with E-state index in [1.54, 1.807) is 0 Å². The molecule has 2 heterocycles. The second-order valence-corrected chi connectivity index (χ2v) is 10.6. The molecule has 12 heteroatoms. The van der Waals surface area contributed by atoms with Crippen molar-refractivity contribution in [2.45, 2.75) is 29.4 Å². The van der Waals surface area contributed by atoms with Crippen molar-refractivity contribution in [1.82, 2.24) is 4.72 Å². The van der Waals surface area contributed by atoms with E-state index in [2.05, 4.69) is 13.8 Å². The van der Waals surface area contributed by atoms with Gasteiger partial charge in [-0.25, -0.2) is 13.3 Å². The van der Waals surface area contributed by atoms with Crippen LogP contribution in [-0.4, -0.2) is 54.1 Å². The van der Waals surface area contributed by atoms with Crippen LogP contribution in [0.2, 0.25) is 0 Å². The maximum Gasteiger partial charge on any atom is 0.573 e. The van der Waals surface area contributed by atoms with Crippen LogP contribution in [0.15, 0.2) is 82.1 Å². The molecule has 8 nitrogen and oxygen atoms in total. The molecule has 37 heavy (non-hydrogen) atoms. The van der Waals surface area contributed by atoms with Gasteiger partial charge in [0.15, 0.2) is 11.5 Å². The fourth-order valence-corrected chi connectivity index (χ4v) is 6.03. The van der Waals surface area contributed by atoms with E-state index in [0.29, 0.717) is 11.5 Å². The van der Waals surface area contributed by atoms with Crippen molar-refractivity contribution in [3.8, 4) is 17.2 Å². The third-order valence-electron chi connectivity index (χ3n) is 6.14. The van der Waals surface area contributed by atoms with Crippen molar-refractivity contribution in [3.05, 3.63) is 72.8 Å². The quantitative estimate of drug-likeness (QED) is 0.496. The maximum absolute atomic E-state index is 13.7. The van der Waals surface area contributed by atoms with Crippen LogP contribution in [0.4, 0.5) is 24.5 Å². The Balaban J connectivity index is 1.42. The first-order valence-corrected chi connectivity index (χ1v) is 12.9. The molecular weight excluding hydrogens is 511 g/mol. The second-order valence-electron chi connectivity index (χ2n) is 8.45. The van der Waals surface area contributed by atoms with E-state index in [1.165, 1.54) is 19.2 Å². The van der Waals surface area contributed by atoms with Crippen LogP contribution < -0.4 is 19.1 Å². The molecular formula is C25H24F3N3O5S. The van der Waals surface area contributed by atoms with E-state index < -0.39 is 40.2 Å². The molecule has 0 radical (unpaired) electrons. The van der Waals surface area contributed by atoms with Gasteiger partial charge in [-0.15, -0.1) is 13.2 Å². The molecule has 1 saturated heterocycles. The number of anilines is 2. The SMILES string of the molecule is CN=S(=O)(NC1COCC(N2c3ccccc3Oc3ccccc32)C1O)c1ccc(OC(F)(F)F)cc1. The summed E-state index contributed by atoms with van der Waals surface area (Å²) in [5, 5.41) is 11.5. The molecule has 0 aromatic heterocycles. The van der Waals surface area contributed by atoms with Crippen LogP contribution in [-0.2, 0) is 14.7 Å². The van der Waals surface area contributed by atoms with Crippen molar-refractivity contribution in [2.24, 2.45) is 4.36 Å². The highest BCUT2D eigenvalue weighted by molar-refractivity contribution is 7.91. The Hall–Kier alpha value is -3.32. The third-order valence-corrected chi connectivity index (χ3v) is 8.19. The fourth-order valence-electron chi connectivity index (χ4n) is 4.46. The summed E-state index contributed by atoms with van der Waals surface area (Å²) in [4.78, 5) is 2.09. The van der Waals surface area contributed by atoms with Crippen molar-refractivity contribution in [2.75, 3.05) is 25.2 Å². The van der Waals surface area contributed by atoms with Gasteiger partial charge in [0, 0.05) is 7.05 Å². The molecule has 4 atom stereocenters. The molecule has 1 fully saturated rings. The molecule has 4 unspecified atom stereocenters. The summed E-state index contributed by atoms with van der Waals surface area (Å²) in [5.74, 6) is 0.800. The summed E-state index contributed by atoms with van der Waals surface area (Å²) in [6, 6.07) is 18.1. The lowest BCUT2D eigenvalue weighted by Gasteiger charge is -2.44. The van der Waals surface area contributed by atoms with Crippen molar-refractivity contribution in [1.29, 1.82) is 0 Å². The lowest BCUT2D eigenvalue weighted by Crippen LogP contribution is -2.60. The largest absolute Gasteiger partial charge is 0.573 e. The molecule has 2 aliphatic heterocycles. The van der Waals surface area contributed by atoms with Crippen LogP contribution in [0.1, 0.15) is 0 Å². The van der Waals surface area contributed by atoms with E-state index >= 15 is 0 Å². The zero-order valence-electron chi connectivity index (χ0n) is 19.6. The monoisotopic (exact) mass is 535 g/mol. The Kier molecular flexibility index (Phi) is 6.75. The Morgan fingerprint density at radius 2 is 1.59 bits per heavy atom. The van der Waals surface area contributed by atoms with Crippen LogP contribution in [0.25, 0.3) is 0 Å². The van der Waals surface area contributed by atoms with E-state index in [-0.39, 0.29) is 18.1 Å². The lowest BCUT2D eigenvalue weighted by atomic mass is 9.98. The van der Waals surface area contributed by atoms with Crippen LogP contribution in [0, 0.1) is 0 Å². The van der Waals surface area contributed by atoms with Crippen molar-refractivity contribution in [3.63, 3.8) is 0 Å². The highest BCUT2D eigenvalue weighted by Gasteiger charge is 2.41. The number of benzene rings is 3. The molecule has 3 aromatic rings. The third kappa shape index (κ3) is 5.10. The smallest absolute Gasteiger partial charge is 0.453 e. The molecule has 196 valence electrons. The minimum atomic E-state index is -4.84. The average Bonchev–Trinajstić information content (AvgIpc) is 2.88. The summed E-state index contributed by atoms with van der Waals surface area (Å²) in [5.41, 5.74) is 1.49. The standard InChI is InChI=1S/C25H24F3N3O5S/c1-29-37(33,17-12-10-16(11-13-17)36-25(26,27)28)30-18-14-34-15-21(24(18)32)31-19-6-2-4-8-22(19)35-23-9-5-3-7-20(23)31/h2-13,18,21,24,32H,14-15H2,1H3,(H,29,30,33). The minimum Gasteiger partial charge on any atom is -0.453 e. The number of aliphatic hydroxyl groups is 1. The Morgan fingerprint density at radius 1 is 1.00 bits per heavy atom. The van der Waals surface area contributed by atoms with Gasteiger partial charge in [0.25, 0.3) is 0 Å². The first kappa shape index (κ1) is 25.3. The molecule has 2 aliphatic rings. The number of ether oxygens (including phenoxy) is 3. The van der Waals surface area contributed by atoms with Crippen molar-refractivity contribution >= 4 is 21.3 Å². The van der Waals surface area contributed by atoms with Gasteiger partial charge >= 0.3 is 6.36 Å². The zero-order valence-corrected chi connectivity index (χ0v) is 20.4. The number of para-hydroxylation sites is 4. The molecule has 3 aromatic carbocycles. The van der Waals surface area contributed by atoms with Gasteiger partial charge in [0.2, 0.25) is 0 Å². The van der Waals surface area contributed by atoms with Crippen LogP contribution in [0.3, 0.4) is 0 Å². The first-order chi connectivity index (χ1) is 17.7. The van der Waals surface area contributed by atoms with E-state index in [9.17, 15) is 22.5 Å². The number of hydrogen-bond acceptors (Lipinski definition) is 7. The van der Waals surface area contributed by atoms with Gasteiger partial charge in [-0.05, 0) is 48.5 Å². The van der Waals surface area contributed by atoms with Crippen molar-refractivity contribution < 1.29 is 36.7 Å². The highest BCUT2D eigenvalue weighted by Crippen LogP contribution is 2.48. The van der Waals surface area contributed by atoms with Crippen LogP contribution >= 0.6 is 0 Å². The summed E-state index contributed by atoms with van der Waals surface area (Å²) in [7, 11) is -1.99. The summed E-state index contributed by atoms with van der Waals surface area (Å²) in [6.45, 7) is 0.239. The Bertz CT molecular complexity index is 1350. The number of nitrogens with zero attached hydrogens (tertiary/aromatic N) is 2. The predicted octanol–water partition coefficient (Wildman–Crippen LogP) is 4.62. The molecule has 0 spiro atoms. The maximum atomic E-state index is 13.7. The number of hydrogen-bond donors (Lipinski definition) is 2. The Labute approximate surface area is 211 Å². The summed E-state index contributed by atoms with van der Waals surface area (Å²) in [6.07, 6.45) is -5.89. The van der Waals surface area contributed by atoms with E-state index in [1.807, 2.05) is 53.4 Å². The predicted molar refractivity (Wildman–Crippen MR) is 131 cm³/mol. The summed E-state index contributed by atoms with van der Waals surface area (Å²) < 4.78 is 73.9. The average molecular weight is 536 g/mol. The van der Waals surface area contributed by atoms with Gasteiger partial charge < -0.3 is 24.2 Å².